The van der Waals surface area contributed by atoms with Crippen LogP contribution in [-0.2, 0) is 6.42 Å². The molecule has 0 saturated carbocycles. The zero-order valence-corrected chi connectivity index (χ0v) is 21.3. The third-order valence-electron chi connectivity index (χ3n) is 7.48. The summed E-state index contributed by atoms with van der Waals surface area (Å²) < 4.78 is 0. The molecular formula is C33H28N4. The third-order valence-corrected chi connectivity index (χ3v) is 7.48. The molecule has 0 spiro atoms. The third kappa shape index (κ3) is 3.52. The minimum Gasteiger partial charge on any atom is -0.342 e. The Kier molecular flexibility index (Phi) is 4.90. The van der Waals surface area contributed by atoms with Crippen molar-refractivity contribution in [1.29, 1.82) is 0 Å². The summed E-state index contributed by atoms with van der Waals surface area (Å²) in [5.41, 5.74) is 6.84. The Morgan fingerprint density at radius 1 is 0.703 bits per heavy atom. The van der Waals surface area contributed by atoms with E-state index < -0.39 is 0 Å². The van der Waals surface area contributed by atoms with Crippen LogP contribution in [0.15, 0.2) is 85.1 Å². The van der Waals surface area contributed by atoms with E-state index in [1.807, 2.05) is 6.20 Å². The molecular weight excluding hydrogens is 452 g/mol. The molecule has 4 nitrogen and oxygen atoms in total. The summed E-state index contributed by atoms with van der Waals surface area (Å²) >= 11 is 0. The first-order valence-corrected chi connectivity index (χ1v) is 13.0. The number of hydrogen-bond donors (Lipinski definition) is 2. The number of rotatable bonds is 4. The fourth-order valence-corrected chi connectivity index (χ4v) is 5.44. The number of aromatic amines is 2. The molecule has 37 heavy (non-hydrogen) atoms. The molecule has 0 aliphatic carbocycles. The van der Waals surface area contributed by atoms with Gasteiger partial charge in [-0.25, -0.2) is 9.97 Å². The molecule has 0 saturated heterocycles. The minimum absolute atomic E-state index is 0.383. The van der Waals surface area contributed by atoms with Gasteiger partial charge in [0.15, 0.2) is 0 Å². The fourth-order valence-electron chi connectivity index (χ4n) is 5.44. The van der Waals surface area contributed by atoms with Crippen molar-refractivity contribution in [1.82, 2.24) is 19.9 Å². The normalized spacial score (nSPS) is 12.0. The summed E-state index contributed by atoms with van der Waals surface area (Å²) in [4.78, 5) is 16.5. The summed E-state index contributed by atoms with van der Waals surface area (Å²) in [7, 11) is 0. The van der Waals surface area contributed by atoms with Gasteiger partial charge in [-0.15, -0.1) is 0 Å². The van der Waals surface area contributed by atoms with E-state index in [1.165, 1.54) is 43.4 Å². The largest absolute Gasteiger partial charge is 0.342 e. The monoisotopic (exact) mass is 480 g/mol. The Morgan fingerprint density at radius 2 is 1.41 bits per heavy atom. The van der Waals surface area contributed by atoms with Gasteiger partial charge >= 0.3 is 0 Å². The van der Waals surface area contributed by atoms with Gasteiger partial charge in [-0.05, 0) is 50.9 Å². The Bertz CT molecular complexity index is 1950. The van der Waals surface area contributed by atoms with E-state index in [9.17, 15) is 0 Å². The molecule has 5 aromatic carbocycles. The molecule has 0 amide bonds. The lowest BCUT2D eigenvalue weighted by Gasteiger charge is -2.10. The quantitative estimate of drug-likeness (QED) is 0.247. The SMILES string of the molecule is CCc1nc2c3ccccc3c3cc(-c4ccc5cc(-c6cnc(C(C)C)[nH]6)ccc5c4)ccc3c2[nH]1. The summed E-state index contributed by atoms with van der Waals surface area (Å²) in [6, 6.07) is 28.8. The maximum Gasteiger partial charge on any atom is 0.109 e. The molecule has 2 heterocycles. The van der Waals surface area contributed by atoms with Crippen LogP contribution in [0.1, 0.15) is 38.3 Å². The van der Waals surface area contributed by atoms with Crippen molar-refractivity contribution in [2.24, 2.45) is 0 Å². The first kappa shape index (κ1) is 21.8. The summed E-state index contributed by atoms with van der Waals surface area (Å²) in [5.74, 6) is 2.43. The minimum atomic E-state index is 0.383. The van der Waals surface area contributed by atoms with Crippen LogP contribution in [0.5, 0.6) is 0 Å². The highest BCUT2D eigenvalue weighted by Gasteiger charge is 2.14. The van der Waals surface area contributed by atoms with Gasteiger partial charge in [0.05, 0.1) is 22.9 Å². The second kappa shape index (κ2) is 8.31. The highest BCUT2D eigenvalue weighted by molar-refractivity contribution is 6.23. The molecule has 180 valence electrons. The maximum absolute atomic E-state index is 4.90. The van der Waals surface area contributed by atoms with Gasteiger partial charge in [-0.2, -0.15) is 0 Å². The molecule has 0 bridgehead atoms. The number of imidazole rings is 2. The molecule has 0 aliphatic rings. The Labute approximate surface area is 215 Å². The number of benzene rings is 5. The van der Waals surface area contributed by atoms with Crippen LogP contribution in [0.4, 0.5) is 0 Å². The van der Waals surface area contributed by atoms with Crippen LogP contribution >= 0.6 is 0 Å². The second-order valence-corrected chi connectivity index (χ2v) is 10.2. The number of nitrogens with one attached hydrogen (secondary N) is 2. The molecule has 7 aromatic rings. The smallest absolute Gasteiger partial charge is 0.109 e. The van der Waals surface area contributed by atoms with E-state index in [1.54, 1.807) is 0 Å². The zero-order valence-electron chi connectivity index (χ0n) is 21.3. The van der Waals surface area contributed by atoms with Crippen LogP contribution in [0.25, 0.3) is 65.7 Å². The molecule has 2 N–H and O–H groups in total. The molecule has 0 unspecified atom stereocenters. The summed E-state index contributed by atoms with van der Waals surface area (Å²) in [6.07, 6.45) is 2.82. The number of H-pyrrole nitrogens is 2. The Hall–Kier alpha value is -4.44. The topological polar surface area (TPSA) is 57.4 Å². The Balaban J connectivity index is 1.35. The van der Waals surface area contributed by atoms with Crippen molar-refractivity contribution in [2.75, 3.05) is 0 Å². The van der Waals surface area contributed by atoms with E-state index in [-0.39, 0.29) is 0 Å². The fraction of sp³-hybridized carbons (Fsp3) is 0.152. The number of aromatic nitrogens is 4. The lowest BCUT2D eigenvalue weighted by Crippen LogP contribution is -1.89. The van der Waals surface area contributed by atoms with Crippen molar-refractivity contribution >= 4 is 43.4 Å². The van der Waals surface area contributed by atoms with Gasteiger partial charge in [0.1, 0.15) is 11.6 Å². The molecule has 0 fully saturated rings. The van der Waals surface area contributed by atoms with E-state index >= 15 is 0 Å². The first-order valence-electron chi connectivity index (χ1n) is 13.0. The van der Waals surface area contributed by atoms with Crippen molar-refractivity contribution in [3.05, 3.63) is 96.7 Å². The maximum atomic E-state index is 4.90. The number of hydrogen-bond acceptors (Lipinski definition) is 2. The average molecular weight is 481 g/mol. The predicted molar refractivity (Wildman–Crippen MR) is 155 cm³/mol. The number of fused-ring (bicyclic) bond motifs is 7. The van der Waals surface area contributed by atoms with Crippen molar-refractivity contribution in [3.8, 4) is 22.4 Å². The molecule has 0 aliphatic heterocycles. The van der Waals surface area contributed by atoms with Gasteiger partial charge in [-0.3, -0.25) is 0 Å². The van der Waals surface area contributed by atoms with Crippen LogP contribution in [0.3, 0.4) is 0 Å². The summed E-state index contributed by atoms with van der Waals surface area (Å²) in [6.45, 7) is 6.45. The standard InChI is InChI=1S/C33H28N4/c1-4-30-36-31-26-8-6-5-7-25(26)28-17-23(13-14-27(28)32(31)37-30)21-9-10-22-16-24(12-11-20(22)15-21)29-18-34-33(35-29)19(2)3/h5-19H,4H2,1-3H3,(H,34,35)(H,36,37). The van der Waals surface area contributed by atoms with E-state index in [0.717, 1.165) is 40.4 Å². The van der Waals surface area contributed by atoms with Crippen LogP contribution < -0.4 is 0 Å². The first-order chi connectivity index (χ1) is 18.1. The Morgan fingerprint density at radius 3 is 2.16 bits per heavy atom. The molecule has 4 heteroatoms. The van der Waals surface area contributed by atoms with Crippen LogP contribution in [0.2, 0.25) is 0 Å². The second-order valence-electron chi connectivity index (χ2n) is 10.2. The highest BCUT2D eigenvalue weighted by Crippen LogP contribution is 2.37. The molecule has 2 aromatic heterocycles. The van der Waals surface area contributed by atoms with Gasteiger partial charge < -0.3 is 9.97 Å². The van der Waals surface area contributed by atoms with E-state index in [0.29, 0.717) is 5.92 Å². The highest BCUT2D eigenvalue weighted by atomic mass is 14.9. The predicted octanol–water partition coefficient (Wildman–Crippen LogP) is 8.77. The molecule has 0 radical (unpaired) electrons. The van der Waals surface area contributed by atoms with Crippen molar-refractivity contribution in [2.45, 2.75) is 33.1 Å². The van der Waals surface area contributed by atoms with Crippen molar-refractivity contribution in [3.63, 3.8) is 0 Å². The van der Waals surface area contributed by atoms with Gasteiger partial charge in [0, 0.05) is 28.7 Å². The van der Waals surface area contributed by atoms with Crippen LogP contribution in [0, 0.1) is 0 Å². The van der Waals surface area contributed by atoms with Gasteiger partial charge in [-0.1, -0.05) is 81.4 Å². The number of nitrogens with zero attached hydrogens (tertiary/aromatic N) is 2. The van der Waals surface area contributed by atoms with Gasteiger partial charge in [0.25, 0.3) is 0 Å². The average Bonchev–Trinajstić information content (AvgIpc) is 3.61. The molecule has 0 atom stereocenters. The van der Waals surface area contributed by atoms with Crippen molar-refractivity contribution < 1.29 is 0 Å². The number of aryl methyl sites for hydroxylation is 1. The lowest BCUT2D eigenvalue weighted by atomic mass is 9.94. The van der Waals surface area contributed by atoms with E-state index in [2.05, 4.69) is 115 Å². The zero-order chi connectivity index (χ0) is 25.1. The van der Waals surface area contributed by atoms with Gasteiger partial charge in [0.2, 0.25) is 0 Å². The van der Waals surface area contributed by atoms with Crippen LogP contribution in [-0.4, -0.2) is 19.9 Å². The molecule has 7 rings (SSSR count). The lowest BCUT2D eigenvalue weighted by molar-refractivity contribution is 0.795. The van der Waals surface area contributed by atoms with E-state index in [4.69, 9.17) is 4.98 Å². The summed E-state index contributed by atoms with van der Waals surface area (Å²) in [5, 5.41) is 7.36.